The van der Waals surface area contributed by atoms with Crippen molar-refractivity contribution in [1.29, 1.82) is 0 Å². The SMILES string of the molecule is CC1(C)CCN(C(=O)OC(C(F)(F)F)C(F)(F)F)CC1. The van der Waals surface area contributed by atoms with E-state index < -0.39 is 24.5 Å². The zero-order valence-corrected chi connectivity index (χ0v) is 10.9. The summed E-state index contributed by atoms with van der Waals surface area (Å²) in [5.41, 5.74) is -0.0930. The number of halogens is 6. The Morgan fingerprint density at radius 1 is 1.05 bits per heavy atom. The van der Waals surface area contributed by atoms with Gasteiger partial charge in [-0.2, -0.15) is 26.3 Å². The fraction of sp³-hybridized carbons (Fsp3) is 0.909. The maximum Gasteiger partial charge on any atom is 0.434 e. The molecule has 1 saturated heterocycles. The summed E-state index contributed by atoms with van der Waals surface area (Å²) in [6.07, 6.45) is -16.0. The minimum Gasteiger partial charge on any atom is -0.426 e. The van der Waals surface area contributed by atoms with E-state index in [1.807, 2.05) is 13.8 Å². The lowest BCUT2D eigenvalue weighted by Crippen LogP contribution is -2.49. The number of hydrogen-bond acceptors (Lipinski definition) is 2. The molecule has 0 spiro atoms. The summed E-state index contributed by atoms with van der Waals surface area (Å²) in [7, 11) is 0. The number of alkyl halides is 6. The van der Waals surface area contributed by atoms with Gasteiger partial charge in [-0.1, -0.05) is 13.8 Å². The van der Waals surface area contributed by atoms with Crippen LogP contribution in [-0.4, -0.2) is 42.5 Å². The van der Waals surface area contributed by atoms with Crippen LogP contribution in [0.25, 0.3) is 0 Å². The third-order valence-electron chi connectivity index (χ3n) is 3.19. The summed E-state index contributed by atoms with van der Waals surface area (Å²) in [6, 6.07) is 0. The number of carbonyl (C=O) groups excluding carboxylic acids is 1. The molecule has 1 rings (SSSR count). The molecule has 0 aromatic heterocycles. The van der Waals surface area contributed by atoms with E-state index in [0.717, 1.165) is 4.90 Å². The second kappa shape index (κ2) is 5.33. The molecule has 1 fully saturated rings. The molecule has 0 aliphatic carbocycles. The average Bonchev–Trinajstić information content (AvgIpc) is 2.22. The Balaban J connectivity index is 2.69. The highest BCUT2D eigenvalue weighted by Crippen LogP contribution is 2.36. The van der Waals surface area contributed by atoms with E-state index >= 15 is 0 Å². The molecule has 0 radical (unpaired) electrons. The van der Waals surface area contributed by atoms with Gasteiger partial charge in [0.1, 0.15) is 0 Å². The topological polar surface area (TPSA) is 29.5 Å². The number of carbonyl (C=O) groups is 1. The van der Waals surface area contributed by atoms with Gasteiger partial charge in [0.2, 0.25) is 0 Å². The van der Waals surface area contributed by atoms with Gasteiger partial charge < -0.3 is 9.64 Å². The van der Waals surface area contributed by atoms with Gasteiger partial charge in [0.15, 0.2) is 0 Å². The molecule has 1 amide bonds. The van der Waals surface area contributed by atoms with Crippen molar-refractivity contribution in [1.82, 2.24) is 4.90 Å². The second-order valence-corrected chi connectivity index (χ2v) is 5.50. The van der Waals surface area contributed by atoms with Crippen LogP contribution in [0.2, 0.25) is 0 Å². The quantitative estimate of drug-likeness (QED) is 0.691. The molecule has 0 aromatic carbocycles. The van der Waals surface area contributed by atoms with Crippen molar-refractivity contribution < 1.29 is 35.9 Å². The molecule has 0 aromatic rings. The number of amides is 1. The van der Waals surface area contributed by atoms with Crippen molar-refractivity contribution in [2.24, 2.45) is 5.41 Å². The number of piperidine rings is 1. The highest BCUT2D eigenvalue weighted by Gasteiger charge is 2.60. The number of likely N-dealkylation sites (tertiary alicyclic amines) is 1. The highest BCUT2D eigenvalue weighted by molar-refractivity contribution is 5.68. The smallest absolute Gasteiger partial charge is 0.426 e. The normalized spacial score (nSPS) is 20.1. The molecular weight excluding hydrogens is 292 g/mol. The second-order valence-electron chi connectivity index (χ2n) is 5.50. The maximum atomic E-state index is 12.3. The standard InChI is InChI=1S/C11H15F6NO2/c1-9(2)3-5-18(6-4-9)8(19)20-7(10(12,13)14)11(15,16)17/h7H,3-6H2,1-2H3. The average molecular weight is 307 g/mol. The Labute approximate surface area is 111 Å². The van der Waals surface area contributed by atoms with Crippen LogP contribution in [0.3, 0.4) is 0 Å². The van der Waals surface area contributed by atoms with Crippen LogP contribution in [0.4, 0.5) is 31.1 Å². The molecule has 1 aliphatic heterocycles. The lowest BCUT2D eigenvalue weighted by atomic mass is 9.83. The van der Waals surface area contributed by atoms with E-state index in [1.54, 1.807) is 0 Å². The van der Waals surface area contributed by atoms with Crippen LogP contribution in [-0.2, 0) is 4.74 Å². The van der Waals surface area contributed by atoms with E-state index in [1.165, 1.54) is 0 Å². The summed E-state index contributed by atoms with van der Waals surface area (Å²) >= 11 is 0. The molecule has 0 unspecified atom stereocenters. The van der Waals surface area contributed by atoms with Gasteiger partial charge in [0, 0.05) is 13.1 Å². The molecule has 3 nitrogen and oxygen atoms in total. The minimum absolute atomic E-state index is 0.0776. The van der Waals surface area contributed by atoms with Crippen molar-refractivity contribution in [2.75, 3.05) is 13.1 Å². The van der Waals surface area contributed by atoms with Crippen LogP contribution in [0.15, 0.2) is 0 Å². The van der Waals surface area contributed by atoms with Gasteiger partial charge in [-0.25, -0.2) is 4.79 Å². The van der Waals surface area contributed by atoms with E-state index in [0.29, 0.717) is 12.8 Å². The fourth-order valence-corrected chi connectivity index (χ4v) is 1.79. The molecule has 0 N–H and O–H groups in total. The molecule has 20 heavy (non-hydrogen) atoms. The highest BCUT2D eigenvalue weighted by atomic mass is 19.4. The monoisotopic (exact) mass is 307 g/mol. The van der Waals surface area contributed by atoms with E-state index in [-0.39, 0.29) is 18.5 Å². The van der Waals surface area contributed by atoms with Crippen LogP contribution in [0.1, 0.15) is 26.7 Å². The lowest BCUT2D eigenvalue weighted by molar-refractivity contribution is -0.308. The predicted octanol–water partition coefficient (Wildman–Crippen LogP) is 3.74. The first-order valence-electron chi connectivity index (χ1n) is 5.92. The number of ether oxygens (including phenoxy) is 1. The van der Waals surface area contributed by atoms with Crippen molar-refractivity contribution in [3.05, 3.63) is 0 Å². The van der Waals surface area contributed by atoms with Crippen molar-refractivity contribution in [3.8, 4) is 0 Å². The predicted molar refractivity (Wildman–Crippen MR) is 57.0 cm³/mol. The first-order chi connectivity index (χ1) is 8.83. The molecule has 1 aliphatic rings. The Bertz CT molecular complexity index is 339. The van der Waals surface area contributed by atoms with Crippen molar-refractivity contribution >= 4 is 6.09 Å². The minimum atomic E-state index is -5.68. The fourth-order valence-electron chi connectivity index (χ4n) is 1.79. The molecular formula is C11H15F6NO2. The van der Waals surface area contributed by atoms with E-state index in [9.17, 15) is 31.1 Å². The molecule has 118 valence electrons. The van der Waals surface area contributed by atoms with Gasteiger partial charge in [-0.3, -0.25) is 0 Å². The van der Waals surface area contributed by atoms with Gasteiger partial charge in [0.05, 0.1) is 0 Å². The summed E-state index contributed by atoms with van der Waals surface area (Å²) in [6.45, 7) is 3.97. The van der Waals surface area contributed by atoms with Crippen molar-refractivity contribution in [2.45, 2.75) is 45.1 Å². The Hall–Kier alpha value is -1.15. The molecule has 0 saturated carbocycles. The zero-order valence-electron chi connectivity index (χ0n) is 10.9. The summed E-state index contributed by atoms with van der Waals surface area (Å²) in [5.74, 6) is 0. The van der Waals surface area contributed by atoms with Crippen molar-refractivity contribution in [3.63, 3.8) is 0 Å². The van der Waals surface area contributed by atoms with E-state index in [2.05, 4.69) is 4.74 Å². The molecule has 9 heteroatoms. The first-order valence-corrected chi connectivity index (χ1v) is 5.92. The maximum absolute atomic E-state index is 12.3. The van der Waals surface area contributed by atoms with Crippen LogP contribution in [0.5, 0.6) is 0 Å². The van der Waals surface area contributed by atoms with Crippen LogP contribution < -0.4 is 0 Å². The summed E-state index contributed by atoms with van der Waals surface area (Å²) in [4.78, 5) is 12.3. The van der Waals surface area contributed by atoms with E-state index in [4.69, 9.17) is 0 Å². The Kier molecular flexibility index (Phi) is 4.50. The third kappa shape index (κ3) is 4.45. The third-order valence-corrected chi connectivity index (χ3v) is 3.19. The Morgan fingerprint density at radius 2 is 1.45 bits per heavy atom. The molecule has 1 heterocycles. The molecule has 0 bridgehead atoms. The molecule has 0 atom stereocenters. The summed E-state index contributed by atoms with van der Waals surface area (Å²) in [5, 5.41) is 0. The first kappa shape index (κ1) is 16.9. The van der Waals surface area contributed by atoms with Gasteiger partial charge in [0.25, 0.3) is 6.10 Å². The van der Waals surface area contributed by atoms with Gasteiger partial charge in [-0.05, 0) is 18.3 Å². The zero-order chi connectivity index (χ0) is 15.8. The summed E-state index contributed by atoms with van der Waals surface area (Å²) < 4.78 is 77.1. The Morgan fingerprint density at radius 3 is 1.80 bits per heavy atom. The lowest BCUT2D eigenvalue weighted by Gasteiger charge is -2.37. The van der Waals surface area contributed by atoms with Gasteiger partial charge in [-0.15, -0.1) is 0 Å². The largest absolute Gasteiger partial charge is 0.434 e. The number of nitrogens with zero attached hydrogens (tertiary/aromatic N) is 1. The van der Waals surface area contributed by atoms with Crippen LogP contribution >= 0.6 is 0 Å². The number of hydrogen-bond donors (Lipinski definition) is 0. The van der Waals surface area contributed by atoms with Gasteiger partial charge >= 0.3 is 18.4 Å². The van der Waals surface area contributed by atoms with Crippen LogP contribution in [0, 0.1) is 5.41 Å². The number of rotatable bonds is 1.